The van der Waals surface area contributed by atoms with Crippen molar-refractivity contribution in [3.05, 3.63) is 53.9 Å². The minimum atomic E-state index is -0.184. The molecule has 20 heavy (non-hydrogen) atoms. The van der Waals surface area contributed by atoms with Crippen LogP contribution in [0.1, 0.15) is 11.3 Å². The van der Waals surface area contributed by atoms with Gasteiger partial charge in [-0.1, -0.05) is 17.7 Å². The Bertz CT molecular complexity index is 599. The summed E-state index contributed by atoms with van der Waals surface area (Å²) in [4.78, 5) is 11.6. The minimum absolute atomic E-state index is 0.184. The van der Waals surface area contributed by atoms with E-state index in [4.69, 9.17) is 0 Å². The van der Waals surface area contributed by atoms with Crippen molar-refractivity contribution in [1.82, 2.24) is 9.99 Å². The molecule has 0 atom stereocenters. The molecule has 2 rings (SSSR count). The Morgan fingerprint density at radius 2 is 2.05 bits per heavy atom. The van der Waals surface area contributed by atoms with Crippen LogP contribution in [0.3, 0.4) is 0 Å². The first-order valence-corrected chi connectivity index (χ1v) is 6.39. The van der Waals surface area contributed by atoms with Crippen LogP contribution in [0, 0.1) is 6.92 Å². The molecule has 0 bridgehead atoms. The lowest BCUT2D eigenvalue weighted by Crippen LogP contribution is -2.25. The Morgan fingerprint density at radius 1 is 1.30 bits per heavy atom. The number of nitrogens with one attached hydrogen (secondary N) is 2. The number of benzene rings is 1. The highest BCUT2D eigenvalue weighted by molar-refractivity contribution is 5.83. The number of carbonyl (C=O) groups is 1. The molecule has 0 radical (unpaired) electrons. The van der Waals surface area contributed by atoms with Gasteiger partial charge in [0.25, 0.3) is 5.91 Å². The van der Waals surface area contributed by atoms with E-state index in [0.29, 0.717) is 0 Å². The standard InChI is InChI=1S/C15H18N4O/c1-12-5-7-13(8-6-12)16-11-15(20)18-17-10-14-4-3-9-19(14)2/h3-10,16H,11H2,1-2H3,(H,18,20). The van der Waals surface area contributed by atoms with Crippen molar-refractivity contribution >= 4 is 17.8 Å². The predicted octanol–water partition coefficient (Wildman–Crippen LogP) is 1.90. The van der Waals surface area contributed by atoms with Gasteiger partial charge >= 0.3 is 0 Å². The van der Waals surface area contributed by atoms with E-state index in [2.05, 4.69) is 15.8 Å². The van der Waals surface area contributed by atoms with Crippen molar-refractivity contribution < 1.29 is 4.79 Å². The van der Waals surface area contributed by atoms with Crippen molar-refractivity contribution in [3.63, 3.8) is 0 Å². The van der Waals surface area contributed by atoms with Crippen molar-refractivity contribution in [2.45, 2.75) is 6.92 Å². The van der Waals surface area contributed by atoms with Crippen molar-refractivity contribution in [2.75, 3.05) is 11.9 Å². The van der Waals surface area contributed by atoms with Crippen LogP contribution < -0.4 is 10.7 Å². The maximum absolute atomic E-state index is 11.6. The predicted molar refractivity (Wildman–Crippen MR) is 80.8 cm³/mol. The van der Waals surface area contributed by atoms with E-state index in [-0.39, 0.29) is 12.5 Å². The van der Waals surface area contributed by atoms with Crippen molar-refractivity contribution in [1.29, 1.82) is 0 Å². The highest BCUT2D eigenvalue weighted by Crippen LogP contribution is 2.07. The Balaban J connectivity index is 1.77. The first-order valence-electron chi connectivity index (χ1n) is 6.39. The number of rotatable bonds is 5. The summed E-state index contributed by atoms with van der Waals surface area (Å²) in [6.07, 6.45) is 3.53. The largest absolute Gasteiger partial charge is 0.376 e. The molecule has 0 unspecified atom stereocenters. The van der Waals surface area contributed by atoms with Gasteiger partial charge in [-0.25, -0.2) is 5.43 Å². The van der Waals surface area contributed by atoms with E-state index in [1.54, 1.807) is 6.21 Å². The number of hydrazone groups is 1. The molecule has 0 saturated heterocycles. The fourth-order valence-electron chi connectivity index (χ4n) is 1.67. The third-order valence-corrected chi connectivity index (χ3v) is 2.87. The van der Waals surface area contributed by atoms with Crippen LogP contribution in [0.4, 0.5) is 5.69 Å². The Labute approximate surface area is 118 Å². The van der Waals surface area contributed by atoms with Gasteiger partial charge in [-0.2, -0.15) is 5.10 Å². The summed E-state index contributed by atoms with van der Waals surface area (Å²) in [7, 11) is 1.92. The van der Waals surface area contributed by atoms with Gasteiger partial charge in [0.2, 0.25) is 0 Å². The number of carbonyl (C=O) groups excluding carboxylic acids is 1. The molecule has 5 nitrogen and oxygen atoms in total. The summed E-state index contributed by atoms with van der Waals surface area (Å²) in [5, 5.41) is 6.95. The summed E-state index contributed by atoms with van der Waals surface area (Å²) in [5.41, 5.74) is 5.51. The van der Waals surface area contributed by atoms with Crippen LogP contribution in [0.5, 0.6) is 0 Å². The van der Waals surface area contributed by atoms with Crippen molar-refractivity contribution in [2.24, 2.45) is 12.1 Å². The molecule has 104 valence electrons. The third-order valence-electron chi connectivity index (χ3n) is 2.87. The first kappa shape index (κ1) is 13.9. The molecule has 1 heterocycles. The van der Waals surface area contributed by atoms with Gasteiger partial charge < -0.3 is 9.88 Å². The second-order valence-corrected chi connectivity index (χ2v) is 4.56. The van der Waals surface area contributed by atoms with E-state index in [1.165, 1.54) is 5.56 Å². The van der Waals surface area contributed by atoms with Gasteiger partial charge in [0.05, 0.1) is 18.5 Å². The van der Waals surface area contributed by atoms with E-state index in [9.17, 15) is 4.79 Å². The second kappa shape index (κ2) is 6.56. The number of nitrogens with zero attached hydrogens (tertiary/aromatic N) is 2. The molecule has 2 N–H and O–H groups in total. The van der Waals surface area contributed by atoms with E-state index in [1.807, 2.05) is 61.1 Å². The summed E-state index contributed by atoms with van der Waals surface area (Å²) in [6, 6.07) is 11.7. The molecule has 0 aliphatic rings. The van der Waals surface area contributed by atoms with Crippen LogP contribution in [-0.4, -0.2) is 23.2 Å². The molecular weight excluding hydrogens is 252 g/mol. The zero-order valence-corrected chi connectivity index (χ0v) is 11.6. The average molecular weight is 270 g/mol. The average Bonchev–Trinajstić information content (AvgIpc) is 2.84. The fourth-order valence-corrected chi connectivity index (χ4v) is 1.67. The Kier molecular flexibility index (Phi) is 4.55. The van der Waals surface area contributed by atoms with Crippen LogP contribution in [-0.2, 0) is 11.8 Å². The topological polar surface area (TPSA) is 58.4 Å². The lowest BCUT2D eigenvalue weighted by Gasteiger charge is -2.05. The van der Waals surface area contributed by atoms with E-state index >= 15 is 0 Å². The van der Waals surface area contributed by atoms with Gasteiger partial charge in [-0.15, -0.1) is 0 Å². The maximum Gasteiger partial charge on any atom is 0.259 e. The minimum Gasteiger partial charge on any atom is -0.376 e. The molecule has 0 fully saturated rings. The molecule has 0 saturated carbocycles. The highest BCUT2D eigenvalue weighted by Gasteiger charge is 1.99. The number of aryl methyl sites for hydroxylation is 2. The lowest BCUT2D eigenvalue weighted by molar-refractivity contribution is -0.119. The number of hydrogen-bond acceptors (Lipinski definition) is 3. The first-order chi connectivity index (χ1) is 9.65. The highest BCUT2D eigenvalue weighted by atomic mass is 16.2. The van der Waals surface area contributed by atoms with Crippen LogP contribution in [0.2, 0.25) is 0 Å². The zero-order valence-electron chi connectivity index (χ0n) is 11.6. The molecule has 1 amide bonds. The Hall–Kier alpha value is -2.56. The maximum atomic E-state index is 11.6. The molecule has 0 spiro atoms. The quantitative estimate of drug-likeness (QED) is 0.644. The second-order valence-electron chi connectivity index (χ2n) is 4.56. The number of aromatic nitrogens is 1. The fraction of sp³-hybridized carbons (Fsp3) is 0.200. The molecule has 5 heteroatoms. The summed E-state index contributed by atoms with van der Waals surface area (Å²) >= 11 is 0. The SMILES string of the molecule is Cc1ccc(NCC(=O)NN=Cc2cccn2C)cc1. The molecule has 0 aliphatic heterocycles. The van der Waals surface area contributed by atoms with Gasteiger partial charge in [0.15, 0.2) is 0 Å². The smallest absolute Gasteiger partial charge is 0.259 e. The summed E-state index contributed by atoms with van der Waals surface area (Å²) in [5.74, 6) is -0.184. The number of hydrogen-bond donors (Lipinski definition) is 2. The van der Waals surface area contributed by atoms with Gasteiger partial charge in [-0.3, -0.25) is 4.79 Å². The van der Waals surface area contributed by atoms with E-state index in [0.717, 1.165) is 11.4 Å². The normalized spacial score (nSPS) is 10.7. The third kappa shape index (κ3) is 3.98. The lowest BCUT2D eigenvalue weighted by atomic mass is 10.2. The molecule has 1 aromatic heterocycles. The van der Waals surface area contributed by atoms with Crippen LogP contribution in [0.15, 0.2) is 47.7 Å². The van der Waals surface area contributed by atoms with Gasteiger partial charge in [0.1, 0.15) is 0 Å². The van der Waals surface area contributed by atoms with E-state index < -0.39 is 0 Å². The zero-order chi connectivity index (χ0) is 14.4. The van der Waals surface area contributed by atoms with Gasteiger partial charge in [-0.05, 0) is 31.2 Å². The molecule has 2 aromatic rings. The molecule has 0 aliphatic carbocycles. The van der Waals surface area contributed by atoms with Crippen LogP contribution in [0.25, 0.3) is 0 Å². The Morgan fingerprint density at radius 3 is 2.70 bits per heavy atom. The van der Waals surface area contributed by atoms with Crippen LogP contribution >= 0.6 is 0 Å². The summed E-state index contributed by atoms with van der Waals surface area (Å²) in [6.45, 7) is 2.21. The molecule has 1 aromatic carbocycles. The summed E-state index contributed by atoms with van der Waals surface area (Å²) < 4.78 is 1.92. The van der Waals surface area contributed by atoms with Crippen molar-refractivity contribution in [3.8, 4) is 0 Å². The number of anilines is 1. The number of amides is 1. The van der Waals surface area contributed by atoms with Gasteiger partial charge in [0, 0.05) is 18.9 Å². The molecular formula is C15H18N4O. The monoisotopic (exact) mass is 270 g/mol.